The van der Waals surface area contributed by atoms with E-state index in [2.05, 4.69) is 4.85 Å². The predicted molar refractivity (Wildman–Crippen MR) is 104 cm³/mol. The van der Waals surface area contributed by atoms with Crippen LogP contribution in [0.1, 0.15) is 23.6 Å². The van der Waals surface area contributed by atoms with Crippen molar-refractivity contribution < 1.29 is 23.1 Å². The molecule has 0 aliphatic carbocycles. The van der Waals surface area contributed by atoms with Crippen LogP contribution in [0.4, 0.5) is 18.9 Å². The van der Waals surface area contributed by atoms with Gasteiger partial charge in [0.15, 0.2) is 11.5 Å². The van der Waals surface area contributed by atoms with Gasteiger partial charge in [0, 0.05) is 23.5 Å². The Morgan fingerprint density at radius 3 is 2.52 bits per heavy atom. The molecule has 0 radical (unpaired) electrons. The van der Waals surface area contributed by atoms with Gasteiger partial charge in [-0.1, -0.05) is 18.2 Å². The Morgan fingerprint density at radius 2 is 1.90 bits per heavy atom. The van der Waals surface area contributed by atoms with Crippen molar-refractivity contribution in [3.8, 4) is 0 Å². The minimum atomic E-state index is -4.43. The molecule has 0 unspecified atom stereocenters. The number of nitrogens with zero attached hydrogens (tertiary/aromatic N) is 2. The second-order valence-corrected chi connectivity index (χ2v) is 7.32. The Kier molecular flexibility index (Phi) is 5.24. The lowest BCUT2D eigenvalue weighted by Crippen LogP contribution is -2.40. The van der Waals surface area contributed by atoms with E-state index in [-0.39, 0.29) is 13.0 Å². The van der Waals surface area contributed by atoms with Crippen LogP contribution in [-0.2, 0) is 23.9 Å². The highest BCUT2D eigenvalue weighted by Gasteiger charge is 2.32. The zero-order valence-electron chi connectivity index (χ0n) is 15.9. The summed E-state index contributed by atoms with van der Waals surface area (Å²) in [4.78, 5) is 16.1. The van der Waals surface area contributed by atoms with Crippen LogP contribution in [0.5, 0.6) is 0 Å². The number of halogens is 3. The molecule has 0 amide bonds. The van der Waals surface area contributed by atoms with E-state index < -0.39 is 23.1 Å². The van der Waals surface area contributed by atoms with Crippen molar-refractivity contribution in [3.63, 3.8) is 0 Å². The molecule has 4 nitrogen and oxygen atoms in total. The zero-order valence-corrected chi connectivity index (χ0v) is 15.9. The number of alkyl halides is 3. The second-order valence-electron chi connectivity index (χ2n) is 7.32. The highest BCUT2D eigenvalue weighted by Crippen LogP contribution is 2.32. The fourth-order valence-electron chi connectivity index (χ4n) is 3.26. The van der Waals surface area contributed by atoms with Crippen molar-refractivity contribution in [2.45, 2.75) is 38.6 Å². The van der Waals surface area contributed by atoms with E-state index in [1.807, 2.05) is 0 Å². The molecule has 7 heteroatoms. The molecule has 1 atom stereocenters. The fraction of sp³-hybridized carbons (Fsp3) is 0.273. The van der Waals surface area contributed by atoms with Crippen LogP contribution < -0.4 is 0 Å². The molecule has 3 aromatic rings. The van der Waals surface area contributed by atoms with E-state index in [9.17, 15) is 23.1 Å². The lowest BCUT2D eigenvalue weighted by Gasteiger charge is -2.23. The summed E-state index contributed by atoms with van der Waals surface area (Å²) in [5, 5.41) is 11.1. The Labute approximate surface area is 166 Å². The maximum absolute atomic E-state index is 12.9. The van der Waals surface area contributed by atoms with E-state index in [4.69, 9.17) is 6.57 Å². The molecule has 29 heavy (non-hydrogen) atoms. The molecule has 0 bridgehead atoms. The summed E-state index contributed by atoms with van der Waals surface area (Å²) in [6.45, 7) is 10.2. The molecule has 0 aliphatic heterocycles. The van der Waals surface area contributed by atoms with Crippen LogP contribution in [0, 0.1) is 13.5 Å². The first-order valence-corrected chi connectivity index (χ1v) is 8.90. The summed E-state index contributed by atoms with van der Waals surface area (Å²) < 4.78 is 40.2. The smallest absolute Gasteiger partial charge is 0.380 e. The van der Waals surface area contributed by atoms with Crippen molar-refractivity contribution in [2.24, 2.45) is 0 Å². The quantitative estimate of drug-likeness (QED) is 0.607. The van der Waals surface area contributed by atoms with E-state index in [0.29, 0.717) is 22.2 Å². The summed E-state index contributed by atoms with van der Waals surface area (Å²) >= 11 is 0. The number of aliphatic hydroxyl groups is 1. The first-order valence-electron chi connectivity index (χ1n) is 8.90. The number of Topliss-reactive ketones (excluding diaryl/α,β-unsaturated/α-hetero) is 1. The third-order valence-corrected chi connectivity index (χ3v) is 4.92. The molecule has 0 fully saturated rings. The normalized spacial score (nSPS) is 13.8. The van der Waals surface area contributed by atoms with Gasteiger partial charge in [-0.15, -0.1) is 0 Å². The summed E-state index contributed by atoms with van der Waals surface area (Å²) in [6, 6.07) is 9.95. The summed E-state index contributed by atoms with van der Waals surface area (Å²) in [5.41, 5.74) is -0.00703. The third kappa shape index (κ3) is 4.33. The van der Waals surface area contributed by atoms with Crippen LogP contribution in [0.3, 0.4) is 0 Å². The first-order chi connectivity index (χ1) is 13.5. The first kappa shape index (κ1) is 20.6. The lowest BCUT2D eigenvalue weighted by molar-refractivity contribution is -0.137. The highest BCUT2D eigenvalue weighted by atomic mass is 19.4. The Bertz CT molecular complexity index is 1120. The number of benzene rings is 2. The molecule has 0 saturated heterocycles. The Balaban J connectivity index is 1.80. The van der Waals surface area contributed by atoms with E-state index >= 15 is 0 Å². The van der Waals surface area contributed by atoms with Gasteiger partial charge in [-0.05, 0) is 49.2 Å². The van der Waals surface area contributed by atoms with Gasteiger partial charge in [0.2, 0.25) is 0 Å². The Hall–Kier alpha value is -3.11. The number of carbonyl (C=O) groups is 1. The average molecular weight is 400 g/mol. The van der Waals surface area contributed by atoms with Gasteiger partial charge in [-0.25, -0.2) is 4.85 Å². The maximum atomic E-state index is 12.9. The molecule has 0 saturated carbocycles. The monoisotopic (exact) mass is 400 g/mol. The summed E-state index contributed by atoms with van der Waals surface area (Å²) in [7, 11) is 0. The molecule has 2 aromatic carbocycles. The van der Waals surface area contributed by atoms with Gasteiger partial charge in [0.1, 0.15) is 5.60 Å². The minimum absolute atomic E-state index is 0.0104. The summed E-state index contributed by atoms with van der Waals surface area (Å²) in [5.74, 6) is -0.416. The lowest BCUT2D eigenvalue weighted by atomic mass is 9.94. The van der Waals surface area contributed by atoms with Gasteiger partial charge in [0.05, 0.1) is 18.7 Å². The number of fused-ring (bicyclic) bond motifs is 1. The highest BCUT2D eigenvalue weighted by molar-refractivity contribution is 5.89. The molecule has 1 aromatic heterocycles. The number of aryl methyl sites for hydroxylation is 1. The van der Waals surface area contributed by atoms with Crippen LogP contribution in [-0.4, -0.2) is 21.1 Å². The van der Waals surface area contributed by atoms with Crippen molar-refractivity contribution >= 4 is 22.4 Å². The molecule has 1 heterocycles. The maximum Gasteiger partial charge on any atom is 0.416 e. The van der Waals surface area contributed by atoms with Crippen LogP contribution >= 0.6 is 0 Å². The molecule has 150 valence electrons. The molecular weight excluding hydrogens is 381 g/mol. The zero-order chi connectivity index (χ0) is 21.4. The van der Waals surface area contributed by atoms with Crippen LogP contribution in [0.25, 0.3) is 15.7 Å². The number of rotatable bonds is 5. The van der Waals surface area contributed by atoms with Gasteiger partial charge >= 0.3 is 6.18 Å². The van der Waals surface area contributed by atoms with Crippen LogP contribution in [0.2, 0.25) is 0 Å². The Morgan fingerprint density at radius 1 is 1.17 bits per heavy atom. The topological polar surface area (TPSA) is 46.6 Å². The van der Waals surface area contributed by atoms with E-state index in [1.54, 1.807) is 35.9 Å². The van der Waals surface area contributed by atoms with Crippen molar-refractivity contribution in [2.75, 3.05) is 0 Å². The van der Waals surface area contributed by atoms with Crippen molar-refractivity contribution in [1.82, 2.24) is 4.57 Å². The number of hydrogen-bond donors (Lipinski definition) is 1. The molecule has 1 N–H and O–H groups in total. The standard InChI is InChI=1S/C22H19F3N2O2/c1-14-10-15(4-6-18(14)26-3)11-20(28)21(2,29)13-27-9-8-16-12-17(22(23,24)25)5-7-19(16)27/h4-10,12,29H,11,13H2,1-2H3/t21-/m0/s1. The van der Waals surface area contributed by atoms with Gasteiger partial charge in [-0.3, -0.25) is 4.79 Å². The van der Waals surface area contributed by atoms with E-state index in [1.165, 1.54) is 19.1 Å². The van der Waals surface area contributed by atoms with Gasteiger partial charge in [-0.2, -0.15) is 13.2 Å². The molecular formula is C22H19F3N2O2. The van der Waals surface area contributed by atoms with Crippen molar-refractivity contribution in [1.29, 1.82) is 0 Å². The minimum Gasteiger partial charge on any atom is -0.380 e. The number of carbonyl (C=O) groups excluding carboxylic acids is 1. The average Bonchev–Trinajstić information content (AvgIpc) is 3.03. The van der Waals surface area contributed by atoms with Crippen molar-refractivity contribution in [3.05, 3.63) is 76.8 Å². The molecule has 0 spiro atoms. The molecule has 3 rings (SSSR count). The fourth-order valence-corrected chi connectivity index (χ4v) is 3.26. The number of aromatic nitrogens is 1. The van der Waals surface area contributed by atoms with Crippen LogP contribution in [0.15, 0.2) is 48.7 Å². The van der Waals surface area contributed by atoms with Gasteiger partial charge in [0.25, 0.3) is 0 Å². The SMILES string of the molecule is [C-]#[N+]c1ccc(CC(=O)[C@@](C)(O)Cn2ccc3cc(C(F)(F)F)ccc32)cc1C. The summed E-state index contributed by atoms with van der Waals surface area (Å²) in [6.07, 6.45) is -2.89. The van der Waals surface area contributed by atoms with E-state index in [0.717, 1.165) is 17.7 Å². The third-order valence-electron chi connectivity index (χ3n) is 4.92. The number of ketones is 1. The van der Waals surface area contributed by atoms with Gasteiger partial charge < -0.3 is 9.67 Å². The molecule has 0 aliphatic rings. The second kappa shape index (κ2) is 7.37. The largest absolute Gasteiger partial charge is 0.416 e. The number of hydrogen-bond acceptors (Lipinski definition) is 2. The predicted octanol–water partition coefficient (Wildman–Crippen LogP) is 5.08.